The number of sulfonamides is 1. The summed E-state index contributed by atoms with van der Waals surface area (Å²) in [5.41, 5.74) is 2.88. The molecule has 0 aliphatic heterocycles. The smallest absolute Gasteiger partial charge is 0.264 e. The molecule has 0 saturated carbocycles. The topological polar surface area (TPSA) is 66.5 Å². The van der Waals surface area contributed by atoms with Gasteiger partial charge in [-0.05, 0) is 47.7 Å². The SMILES string of the molecule is CC(NC(=O)c1ccccc1N(C)S(=O)(=O)c1ccccc1)c1ccc(C(C)(C)C)cc1. The molecule has 0 saturated heterocycles. The van der Waals surface area contributed by atoms with E-state index in [-0.39, 0.29) is 22.3 Å². The van der Waals surface area contributed by atoms with Gasteiger partial charge in [-0.1, -0.05) is 75.4 Å². The molecule has 3 aromatic rings. The van der Waals surface area contributed by atoms with Crippen LogP contribution in [-0.4, -0.2) is 21.4 Å². The van der Waals surface area contributed by atoms with Crippen LogP contribution >= 0.6 is 0 Å². The zero-order valence-corrected chi connectivity index (χ0v) is 20.0. The van der Waals surface area contributed by atoms with Gasteiger partial charge in [-0.2, -0.15) is 0 Å². The third kappa shape index (κ3) is 5.02. The van der Waals surface area contributed by atoms with Crippen molar-refractivity contribution in [3.05, 3.63) is 95.6 Å². The number of benzene rings is 3. The number of para-hydroxylation sites is 1. The molecule has 32 heavy (non-hydrogen) atoms. The van der Waals surface area contributed by atoms with Gasteiger partial charge in [-0.15, -0.1) is 0 Å². The quantitative estimate of drug-likeness (QED) is 0.554. The number of carbonyl (C=O) groups is 1. The molecule has 0 fully saturated rings. The van der Waals surface area contributed by atoms with Gasteiger partial charge in [0.25, 0.3) is 15.9 Å². The Labute approximate surface area is 191 Å². The molecular weight excluding hydrogens is 420 g/mol. The van der Waals surface area contributed by atoms with Crippen molar-refractivity contribution in [3.8, 4) is 0 Å². The molecule has 0 bridgehead atoms. The van der Waals surface area contributed by atoms with Gasteiger partial charge in [-0.3, -0.25) is 9.10 Å². The maximum atomic E-state index is 13.1. The lowest BCUT2D eigenvalue weighted by atomic mass is 9.86. The average molecular weight is 451 g/mol. The van der Waals surface area contributed by atoms with Crippen molar-refractivity contribution < 1.29 is 13.2 Å². The molecule has 1 amide bonds. The lowest BCUT2D eigenvalue weighted by molar-refractivity contribution is 0.0940. The van der Waals surface area contributed by atoms with Crippen LogP contribution in [0.4, 0.5) is 5.69 Å². The summed E-state index contributed by atoms with van der Waals surface area (Å²) < 4.78 is 27.3. The van der Waals surface area contributed by atoms with Gasteiger partial charge in [-0.25, -0.2) is 8.42 Å². The van der Waals surface area contributed by atoms with Crippen molar-refractivity contribution in [1.82, 2.24) is 5.32 Å². The van der Waals surface area contributed by atoms with Crippen molar-refractivity contribution in [2.24, 2.45) is 0 Å². The van der Waals surface area contributed by atoms with Crippen LogP contribution in [0.1, 0.15) is 55.2 Å². The summed E-state index contributed by atoms with van der Waals surface area (Å²) in [6.07, 6.45) is 0. The van der Waals surface area contributed by atoms with Gasteiger partial charge in [0, 0.05) is 7.05 Å². The molecule has 0 aliphatic carbocycles. The van der Waals surface area contributed by atoms with Crippen LogP contribution in [0.3, 0.4) is 0 Å². The third-order valence-electron chi connectivity index (χ3n) is 5.51. The number of anilines is 1. The molecule has 0 radical (unpaired) electrons. The number of carbonyl (C=O) groups excluding carboxylic acids is 1. The monoisotopic (exact) mass is 450 g/mol. The number of nitrogens with one attached hydrogen (secondary N) is 1. The van der Waals surface area contributed by atoms with Crippen molar-refractivity contribution in [2.45, 2.75) is 44.0 Å². The van der Waals surface area contributed by atoms with E-state index in [4.69, 9.17) is 0 Å². The van der Waals surface area contributed by atoms with Gasteiger partial charge < -0.3 is 5.32 Å². The minimum absolute atomic E-state index is 0.0544. The zero-order valence-electron chi connectivity index (χ0n) is 19.2. The fourth-order valence-corrected chi connectivity index (χ4v) is 4.69. The Bertz CT molecular complexity index is 1180. The molecule has 168 valence electrons. The summed E-state index contributed by atoms with van der Waals surface area (Å²) in [5, 5.41) is 3.00. The molecule has 3 rings (SSSR count). The van der Waals surface area contributed by atoms with E-state index < -0.39 is 10.0 Å². The van der Waals surface area contributed by atoms with Crippen LogP contribution < -0.4 is 9.62 Å². The van der Waals surface area contributed by atoms with E-state index in [9.17, 15) is 13.2 Å². The Hall–Kier alpha value is -3.12. The second kappa shape index (κ2) is 9.17. The minimum Gasteiger partial charge on any atom is -0.345 e. The first-order valence-electron chi connectivity index (χ1n) is 10.6. The zero-order chi connectivity index (χ0) is 23.5. The predicted molar refractivity (Wildman–Crippen MR) is 129 cm³/mol. The second-order valence-electron chi connectivity index (χ2n) is 8.87. The number of nitrogens with zero attached hydrogens (tertiary/aromatic N) is 1. The van der Waals surface area contributed by atoms with Crippen LogP contribution in [0.15, 0.2) is 83.8 Å². The lowest BCUT2D eigenvalue weighted by Gasteiger charge is -2.23. The second-order valence-corrected chi connectivity index (χ2v) is 10.8. The maximum absolute atomic E-state index is 13.1. The Morgan fingerprint density at radius 1 is 0.875 bits per heavy atom. The first-order valence-corrected chi connectivity index (χ1v) is 12.0. The molecular formula is C26H30N2O3S. The number of rotatable bonds is 6. The van der Waals surface area contributed by atoms with E-state index in [1.165, 1.54) is 24.7 Å². The van der Waals surface area contributed by atoms with E-state index in [0.717, 1.165) is 9.87 Å². The third-order valence-corrected chi connectivity index (χ3v) is 7.30. The van der Waals surface area contributed by atoms with Crippen LogP contribution in [0, 0.1) is 0 Å². The number of hydrogen-bond acceptors (Lipinski definition) is 3. The van der Waals surface area contributed by atoms with Crippen LogP contribution in [0.5, 0.6) is 0 Å². The van der Waals surface area contributed by atoms with Crippen LogP contribution in [-0.2, 0) is 15.4 Å². The largest absolute Gasteiger partial charge is 0.345 e. The normalized spacial score (nSPS) is 12.8. The van der Waals surface area contributed by atoms with Crippen molar-refractivity contribution in [1.29, 1.82) is 0 Å². The lowest BCUT2D eigenvalue weighted by Crippen LogP contribution is -2.31. The van der Waals surface area contributed by atoms with E-state index >= 15 is 0 Å². The highest BCUT2D eigenvalue weighted by Crippen LogP contribution is 2.27. The molecule has 1 atom stereocenters. The van der Waals surface area contributed by atoms with Crippen LogP contribution in [0.25, 0.3) is 0 Å². The van der Waals surface area contributed by atoms with Crippen LogP contribution in [0.2, 0.25) is 0 Å². The van der Waals surface area contributed by atoms with E-state index in [1.807, 2.05) is 19.1 Å². The van der Waals surface area contributed by atoms with E-state index in [2.05, 4.69) is 38.2 Å². The Balaban J connectivity index is 1.84. The van der Waals surface area contributed by atoms with Crippen molar-refractivity contribution in [2.75, 3.05) is 11.4 Å². The summed E-state index contributed by atoms with van der Waals surface area (Å²) in [6.45, 7) is 8.38. The molecule has 0 spiro atoms. The standard InChI is InChI=1S/C26H30N2O3S/c1-19(20-15-17-21(18-16-20)26(2,3)4)27-25(29)23-13-9-10-14-24(23)28(5)32(30,31)22-11-7-6-8-12-22/h6-19H,1-5H3,(H,27,29). The summed E-state index contributed by atoms with van der Waals surface area (Å²) >= 11 is 0. The Kier molecular flexibility index (Phi) is 6.74. The summed E-state index contributed by atoms with van der Waals surface area (Å²) in [4.78, 5) is 13.3. The summed E-state index contributed by atoms with van der Waals surface area (Å²) in [6, 6.07) is 22.9. The highest BCUT2D eigenvalue weighted by Gasteiger charge is 2.25. The fraction of sp³-hybridized carbons (Fsp3) is 0.269. The Morgan fingerprint density at radius 2 is 1.44 bits per heavy atom. The first-order chi connectivity index (χ1) is 15.0. The number of amides is 1. The minimum atomic E-state index is -3.79. The highest BCUT2D eigenvalue weighted by atomic mass is 32.2. The maximum Gasteiger partial charge on any atom is 0.264 e. The van der Waals surface area contributed by atoms with Crippen molar-refractivity contribution >= 4 is 21.6 Å². The van der Waals surface area contributed by atoms with Gasteiger partial charge in [0.15, 0.2) is 0 Å². The van der Waals surface area contributed by atoms with Crippen molar-refractivity contribution in [3.63, 3.8) is 0 Å². The summed E-state index contributed by atoms with van der Waals surface area (Å²) in [5.74, 6) is -0.330. The summed E-state index contributed by atoms with van der Waals surface area (Å²) in [7, 11) is -2.33. The highest BCUT2D eigenvalue weighted by molar-refractivity contribution is 7.92. The fourth-order valence-electron chi connectivity index (χ4n) is 3.45. The van der Waals surface area contributed by atoms with Gasteiger partial charge in [0.1, 0.15) is 0 Å². The van der Waals surface area contributed by atoms with E-state index in [0.29, 0.717) is 11.3 Å². The predicted octanol–water partition coefficient (Wildman–Crippen LogP) is 5.30. The van der Waals surface area contributed by atoms with Gasteiger partial charge >= 0.3 is 0 Å². The molecule has 1 N–H and O–H groups in total. The number of hydrogen-bond donors (Lipinski definition) is 1. The molecule has 0 heterocycles. The first kappa shape index (κ1) is 23.5. The molecule has 0 aromatic heterocycles. The van der Waals surface area contributed by atoms with Gasteiger partial charge in [0.2, 0.25) is 0 Å². The molecule has 5 nitrogen and oxygen atoms in total. The molecule has 3 aromatic carbocycles. The van der Waals surface area contributed by atoms with E-state index in [1.54, 1.807) is 42.5 Å². The molecule has 1 unspecified atom stereocenters. The molecule has 6 heteroatoms. The molecule has 0 aliphatic rings. The van der Waals surface area contributed by atoms with Gasteiger partial charge in [0.05, 0.1) is 22.2 Å². The average Bonchev–Trinajstić information content (AvgIpc) is 2.78. The Morgan fingerprint density at radius 3 is 2.03 bits per heavy atom.